The van der Waals surface area contributed by atoms with E-state index in [1.54, 1.807) is 18.2 Å². The van der Waals surface area contributed by atoms with Crippen LogP contribution in [0.3, 0.4) is 0 Å². The molecule has 1 amide bonds. The molecule has 0 atom stereocenters. The molecule has 2 aromatic rings. The fourth-order valence-corrected chi connectivity index (χ4v) is 2.58. The third-order valence-electron chi connectivity index (χ3n) is 2.23. The Labute approximate surface area is 133 Å². The summed E-state index contributed by atoms with van der Waals surface area (Å²) < 4.78 is 0.821. The number of amides is 1. The molecule has 110 valence electrons. The van der Waals surface area contributed by atoms with Crippen molar-refractivity contribution >= 4 is 46.6 Å². The lowest BCUT2D eigenvalue weighted by Crippen LogP contribution is -2.30. The first kappa shape index (κ1) is 15.6. The molecule has 10 heteroatoms. The number of rotatable bonds is 4. The number of nitrogens with two attached hydrogens (primary N) is 1. The molecule has 1 heterocycles. The van der Waals surface area contributed by atoms with Crippen molar-refractivity contribution in [1.29, 1.82) is 0 Å². The molecule has 21 heavy (non-hydrogen) atoms. The van der Waals surface area contributed by atoms with Crippen LogP contribution in [0.2, 0.25) is 10.0 Å². The number of hydrogen-bond donors (Lipinski definition) is 2. The predicted molar refractivity (Wildman–Crippen MR) is 82.3 cm³/mol. The first-order chi connectivity index (χ1) is 9.95. The van der Waals surface area contributed by atoms with Crippen molar-refractivity contribution in [3.05, 3.63) is 44.8 Å². The third-order valence-corrected chi connectivity index (χ3v) is 3.61. The number of halogens is 2. The van der Waals surface area contributed by atoms with Crippen LogP contribution in [0.25, 0.3) is 0 Å². The van der Waals surface area contributed by atoms with Gasteiger partial charge in [-0.15, -0.1) is 5.10 Å². The fraction of sp³-hybridized carbons (Fsp3) is 0.0909. The lowest BCUT2D eigenvalue weighted by molar-refractivity contribution is -0.113. The van der Waals surface area contributed by atoms with Crippen LogP contribution in [-0.4, -0.2) is 26.5 Å². The zero-order chi connectivity index (χ0) is 15.4. The third kappa shape index (κ3) is 4.35. The van der Waals surface area contributed by atoms with E-state index in [0.29, 0.717) is 15.7 Å². The normalized spacial score (nSPS) is 10.4. The lowest BCUT2D eigenvalue weighted by Gasteiger charge is -2.07. The minimum Gasteiger partial charge on any atom is -0.334 e. The number of carbonyl (C=O) groups is 1. The quantitative estimate of drug-likeness (QED) is 0.641. The van der Waals surface area contributed by atoms with Crippen molar-refractivity contribution in [3.8, 4) is 0 Å². The van der Waals surface area contributed by atoms with Crippen LogP contribution >= 0.6 is 35.0 Å². The summed E-state index contributed by atoms with van der Waals surface area (Å²) in [6, 6.07) is 4.69. The fourth-order valence-electron chi connectivity index (χ4n) is 1.38. The molecule has 0 aliphatic rings. The van der Waals surface area contributed by atoms with Crippen molar-refractivity contribution in [2.45, 2.75) is 5.16 Å². The highest BCUT2D eigenvalue weighted by Gasteiger charge is 2.09. The van der Waals surface area contributed by atoms with E-state index in [9.17, 15) is 9.59 Å². The van der Waals surface area contributed by atoms with E-state index in [4.69, 9.17) is 29.0 Å². The average Bonchev–Trinajstić information content (AvgIpc) is 2.39. The standard InChI is InChI=1S/C11H9Cl2N5O2S/c12-6-1-7(13)3-8(2-6)16-9(19)5-21-11-17-15-4-10(20)18(11)14/h1-4H,5,14H2,(H,16,19). The van der Waals surface area contributed by atoms with Gasteiger partial charge in [0.05, 0.1) is 5.75 Å². The van der Waals surface area contributed by atoms with Crippen molar-refractivity contribution in [2.24, 2.45) is 0 Å². The molecule has 0 aliphatic heterocycles. The minimum atomic E-state index is -0.505. The van der Waals surface area contributed by atoms with E-state index in [-0.39, 0.29) is 16.8 Å². The molecule has 2 rings (SSSR count). The number of hydrogen-bond acceptors (Lipinski definition) is 6. The Bertz CT molecular complexity index is 717. The van der Waals surface area contributed by atoms with Gasteiger partial charge in [0.2, 0.25) is 11.1 Å². The molecule has 0 spiro atoms. The first-order valence-corrected chi connectivity index (χ1v) is 7.28. The second kappa shape index (κ2) is 6.79. The summed E-state index contributed by atoms with van der Waals surface area (Å²) in [6.07, 6.45) is 0.984. The predicted octanol–water partition coefficient (Wildman–Crippen LogP) is 1.39. The average molecular weight is 346 g/mol. The Kier molecular flexibility index (Phi) is 5.05. The minimum absolute atomic E-state index is 0.000530. The monoisotopic (exact) mass is 345 g/mol. The van der Waals surface area contributed by atoms with Gasteiger partial charge in [-0.1, -0.05) is 35.0 Å². The molecular weight excluding hydrogens is 337 g/mol. The second-order valence-electron chi connectivity index (χ2n) is 3.83. The molecule has 3 N–H and O–H groups in total. The Morgan fingerprint density at radius 3 is 2.67 bits per heavy atom. The van der Waals surface area contributed by atoms with E-state index in [1.807, 2.05) is 0 Å². The van der Waals surface area contributed by atoms with Crippen LogP contribution in [-0.2, 0) is 4.79 Å². The summed E-state index contributed by atoms with van der Waals surface area (Å²) in [6.45, 7) is 0. The highest BCUT2D eigenvalue weighted by Crippen LogP contribution is 2.22. The number of aromatic nitrogens is 3. The lowest BCUT2D eigenvalue weighted by atomic mass is 10.3. The van der Waals surface area contributed by atoms with Crippen LogP contribution < -0.4 is 16.7 Å². The maximum atomic E-state index is 11.8. The van der Waals surface area contributed by atoms with E-state index < -0.39 is 5.56 Å². The number of thioether (sulfide) groups is 1. The van der Waals surface area contributed by atoms with Gasteiger partial charge in [0, 0.05) is 15.7 Å². The zero-order valence-electron chi connectivity index (χ0n) is 10.4. The van der Waals surface area contributed by atoms with Crippen molar-refractivity contribution in [1.82, 2.24) is 14.9 Å². The van der Waals surface area contributed by atoms with Crippen molar-refractivity contribution in [3.63, 3.8) is 0 Å². The summed E-state index contributed by atoms with van der Waals surface area (Å²) >= 11 is 12.6. The first-order valence-electron chi connectivity index (χ1n) is 5.54. The van der Waals surface area contributed by atoms with Gasteiger partial charge in [-0.05, 0) is 18.2 Å². The highest BCUT2D eigenvalue weighted by molar-refractivity contribution is 7.99. The number of anilines is 1. The van der Waals surface area contributed by atoms with Gasteiger partial charge >= 0.3 is 0 Å². The van der Waals surface area contributed by atoms with Gasteiger partial charge in [-0.2, -0.15) is 9.77 Å². The van der Waals surface area contributed by atoms with Gasteiger partial charge in [-0.25, -0.2) is 0 Å². The number of nitrogens with one attached hydrogen (secondary N) is 1. The molecule has 1 aromatic heterocycles. The molecule has 0 aliphatic carbocycles. The Morgan fingerprint density at radius 1 is 1.33 bits per heavy atom. The maximum absolute atomic E-state index is 11.8. The summed E-state index contributed by atoms with van der Waals surface area (Å²) in [5, 5.41) is 10.7. The van der Waals surface area contributed by atoms with Crippen LogP contribution in [0.15, 0.2) is 34.3 Å². The van der Waals surface area contributed by atoms with Gasteiger partial charge < -0.3 is 11.2 Å². The Hall–Kier alpha value is -1.77. The van der Waals surface area contributed by atoms with Crippen molar-refractivity contribution < 1.29 is 4.79 Å². The molecule has 0 fully saturated rings. The SMILES string of the molecule is Nn1c(SCC(=O)Nc2cc(Cl)cc(Cl)c2)nncc1=O. The molecular formula is C11H9Cl2N5O2S. The van der Waals surface area contributed by atoms with E-state index in [1.165, 1.54) is 0 Å². The van der Waals surface area contributed by atoms with Crippen LogP contribution in [0, 0.1) is 0 Å². The molecule has 0 radical (unpaired) electrons. The molecule has 1 aromatic carbocycles. The van der Waals surface area contributed by atoms with E-state index in [2.05, 4.69) is 15.5 Å². The Morgan fingerprint density at radius 2 is 2.00 bits per heavy atom. The van der Waals surface area contributed by atoms with Crippen LogP contribution in [0.5, 0.6) is 0 Å². The van der Waals surface area contributed by atoms with Gasteiger partial charge in [0.1, 0.15) is 6.20 Å². The molecule has 0 bridgehead atoms. The van der Waals surface area contributed by atoms with Gasteiger partial charge in [0.25, 0.3) is 5.56 Å². The zero-order valence-corrected chi connectivity index (χ0v) is 12.7. The number of nitrogen functional groups attached to an aromatic ring is 1. The summed E-state index contributed by atoms with van der Waals surface area (Å²) in [5.41, 5.74) is -0.0306. The largest absolute Gasteiger partial charge is 0.334 e. The smallest absolute Gasteiger partial charge is 0.291 e. The summed E-state index contributed by atoms with van der Waals surface area (Å²) in [5.74, 6) is 5.15. The van der Waals surface area contributed by atoms with Crippen molar-refractivity contribution in [2.75, 3.05) is 16.9 Å². The Balaban J connectivity index is 1.99. The van der Waals surface area contributed by atoms with Crippen LogP contribution in [0.4, 0.5) is 5.69 Å². The van der Waals surface area contributed by atoms with Gasteiger partial charge in [-0.3, -0.25) is 9.59 Å². The molecule has 0 saturated carbocycles. The maximum Gasteiger partial charge on any atom is 0.291 e. The number of benzene rings is 1. The summed E-state index contributed by atoms with van der Waals surface area (Å²) in [4.78, 5) is 23.1. The number of carbonyl (C=O) groups excluding carboxylic acids is 1. The molecule has 7 nitrogen and oxygen atoms in total. The van der Waals surface area contributed by atoms with Crippen LogP contribution in [0.1, 0.15) is 0 Å². The van der Waals surface area contributed by atoms with E-state index >= 15 is 0 Å². The molecule has 0 saturated heterocycles. The summed E-state index contributed by atoms with van der Waals surface area (Å²) in [7, 11) is 0. The second-order valence-corrected chi connectivity index (χ2v) is 5.65. The van der Waals surface area contributed by atoms with Gasteiger partial charge in [0.15, 0.2) is 0 Å². The molecule has 0 unspecified atom stereocenters. The number of nitrogens with zero attached hydrogens (tertiary/aromatic N) is 3. The van der Waals surface area contributed by atoms with E-state index in [0.717, 1.165) is 22.6 Å². The highest BCUT2D eigenvalue weighted by atomic mass is 35.5. The topological polar surface area (TPSA) is 103 Å².